The molecule has 0 saturated carbocycles. The van der Waals surface area contributed by atoms with Crippen LogP contribution in [0.2, 0.25) is 0 Å². The SMILES string of the molecule is CCCCOC(C)(C)CCC(=O)NCCC. The summed E-state index contributed by atoms with van der Waals surface area (Å²) < 4.78 is 5.74. The van der Waals surface area contributed by atoms with Crippen molar-refractivity contribution in [1.82, 2.24) is 5.32 Å². The van der Waals surface area contributed by atoms with Crippen molar-refractivity contribution in [3.63, 3.8) is 0 Å². The van der Waals surface area contributed by atoms with E-state index < -0.39 is 0 Å². The van der Waals surface area contributed by atoms with Crippen molar-refractivity contribution < 1.29 is 9.53 Å². The van der Waals surface area contributed by atoms with Gasteiger partial charge in [0.05, 0.1) is 5.60 Å². The molecule has 0 unspecified atom stereocenters. The van der Waals surface area contributed by atoms with E-state index in [1.165, 1.54) is 0 Å². The molecular formula is C13H27NO2. The molecular weight excluding hydrogens is 202 g/mol. The fourth-order valence-electron chi connectivity index (χ4n) is 1.33. The zero-order valence-corrected chi connectivity index (χ0v) is 11.3. The van der Waals surface area contributed by atoms with Crippen LogP contribution in [0.5, 0.6) is 0 Å². The lowest BCUT2D eigenvalue weighted by Crippen LogP contribution is -2.30. The molecule has 96 valence electrons. The number of ether oxygens (including phenoxy) is 1. The predicted octanol–water partition coefficient (Wildman–Crippen LogP) is 2.89. The second-order valence-corrected chi connectivity index (χ2v) is 4.81. The summed E-state index contributed by atoms with van der Waals surface area (Å²) in [6, 6.07) is 0. The van der Waals surface area contributed by atoms with Crippen LogP contribution < -0.4 is 5.32 Å². The Balaban J connectivity index is 3.67. The van der Waals surface area contributed by atoms with Gasteiger partial charge in [-0.05, 0) is 33.1 Å². The predicted molar refractivity (Wildman–Crippen MR) is 67.5 cm³/mol. The maximum absolute atomic E-state index is 11.4. The molecule has 0 fully saturated rings. The number of carbonyl (C=O) groups excluding carboxylic acids is 1. The highest BCUT2D eigenvalue weighted by atomic mass is 16.5. The maximum atomic E-state index is 11.4. The van der Waals surface area contributed by atoms with Crippen LogP contribution in [-0.2, 0) is 9.53 Å². The first kappa shape index (κ1) is 15.4. The Kier molecular flexibility index (Phi) is 8.26. The summed E-state index contributed by atoms with van der Waals surface area (Å²) in [6.45, 7) is 9.87. The number of hydrogen-bond donors (Lipinski definition) is 1. The van der Waals surface area contributed by atoms with Crippen LogP contribution in [0, 0.1) is 0 Å². The average molecular weight is 229 g/mol. The Morgan fingerprint density at radius 1 is 1.25 bits per heavy atom. The molecule has 0 bridgehead atoms. The Hall–Kier alpha value is -0.570. The molecule has 1 amide bonds. The number of hydrogen-bond acceptors (Lipinski definition) is 2. The molecule has 16 heavy (non-hydrogen) atoms. The van der Waals surface area contributed by atoms with Gasteiger partial charge in [-0.1, -0.05) is 20.3 Å². The molecule has 0 aromatic rings. The van der Waals surface area contributed by atoms with Gasteiger partial charge in [0.2, 0.25) is 5.91 Å². The van der Waals surface area contributed by atoms with Crippen LogP contribution in [0.15, 0.2) is 0 Å². The molecule has 0 aliphatic rings. The van der Waals surface area contributed by atoms with Crippen LogP contribution in [0.25, 0.3) is 0 Å². The topological polar surface area (TPSA) is 38.3 Å². The van der Waals surface area contributed by atoms with Gasteiger partial charge in [0, 0.05) is 19.6 Å². The van der Waals surface area contributed by atoms with E-state index in [4.69, 9.17) is 4.74 Å². The van der Waals surface area contributed by atoms with Crippen molar-refractivity contribution in [3.8, 4) is 0 Å². The molecule has 1 N–H and O–H groups in total. The Bertz CT molecular complexity index is 190. The van der Waals surface area contributed by atoms with Gasteiger partial charge in [0.15, 0.2) is 0 Å². The van der Waals surface area contributed by atoms with Crippen molar-refractivity contribution >= 4 is 5.91 Å². The summed E-state index contributed by atoms with van der Waals surface area (Å²) in [5.74, 6) is 0.133. The summed E-state index contributed by atoms with van der Waals surface area (Å²) >= 11 is 0. The third-order valence-electron chi connectivity index (χ3n) is 2.52. The van der Waals surface area contributed by atoms with Gasteiger partial charge in [-0.15, -0.1) is 0 Å². The summed E-state index contributed by atoms with van der Waals surface area (Å²) in [6.07, 6.45) is 4.56. The standard InChI is InChI=1S/C13H27NO2/c1-5-7-11-16-13(3,4)9-8-12(15)14-10-6-2/h5-11H2,1-4H3,(H,14,15). The molecule has 0 aromatic carbocycles. The summed E-state index contributed by atoms with van der Waals surface area (Å²) in [5.41, 5.74) is -0.182. The maximum Gasteiger partial charge on any atom is 0.220 e. The van der Waals surface area contributed by atoms with Gasteiger partial charge in [0.25, 0.3) is 0 Å². The number of unbranched alkanes of at least 4 members (excludes halogenated alkanes) is 1. The first-order chi connectivity index (χ1) is 7.52. The zero-order valence-electron chi connectivity index (χ0n) is 11.3. The van der Waals surface area contributed by atoms with Crippen molar-refractivity contribution in [1.29, 1.82) is 0 Å². The summed E-state index contributed by atoms with van der Waals surface area (Å²) in [4.78, 5) is 11.4. The average Bonchev–Trinajstić information content (AvgIpc) is 2.24. The van der Waals surface area contributed by atoms with Gasteiger partial charge in [-0.3, -0.25) is 4.79 Å². The van der Waals surface area contributed by atoms with E-state index in [1.807, 2.05) is 0 Å². The lowest BCUT2D eigenvalue weighted by atomic mass is 10.0. The first-order valence-electron chi connectivity index (χ1n) is 6.42. The molecule has 0 atom stereocenters. The minimum Gasteiger partial charge on any atom is -0.376 e. The van der Waals surface area contributed by atoms with E-state index in [-0.39, 0.29) is 11.5 Å². The Morgan fingerprint density at radius 3 is 2.50 bits per heavy atom. The molecule has 0 aliphatic carbocycles. The second-order valence-electron chi connectivity index (χ2n) is 4.81. The lowest BCUT2D eigenvalue weighted by Gasteiger charge is -2.25. The largest absolute Gasteiger partial charge is 0.376 e. The summed E-state index contributed by atoms with van der Waals surface area (Å²) in [5, 5.41) is 2.88. The smallest absolute Gasteiger partial charge is 0.220 e. The highest BCUT2D eigenvalue weighted by molar-refractivity contribution is 5.75. The van der Waals surface area contributed by atoms with Gasteiger partial charge < -0.3 is 10.1 Å². The van der Waals surface area contributed by atoms with Gasteiger partial charge in [0.1, 0.15) is 0 Å². The highest BCUT2D eigenvalue weighted by Crippen LogP contribution is 2.17. The molecule has 0 radical (unpaired) electrons. The van der Waals surface area contributed by atoms with E-state index in [2.05, 4.69) is 33.0 Å². The Morgan fingerprint density at radius 2 is 1.94 bits per heavy atom. The molecule has 0 heterocycles. The van der Waals surface area contributed by atoms with Crippen LogP contribution in [0.3, 0.4) is 0 Å². The minimum atomic E-state index is -0.182. The van der Waals surface area contributed by atoms with Crippen LogP contribution >= 0.6 is 0 Å². The molecule has 0 saturated heterocycles. The third-order valence-corrected chi connectivity index (χ3v) is 2.52. The van der Waals surface area contributed by atoms with Gasteiger partial charge in [-0.25, -0.2) is 0 Å². The number of amides is 1. The molecule has 0 spiro atoms. The molecule has 3 nitrogen and oxygen atoms in total. The first-order valence-corrected chi connectivity index (χ1v) is 6.42. The van der Waals surface area contributed by atoms with Crippen LogP contribution in [-0.4, -0.2) is 24.7 Å². The van der Waals surface area contributed by atoms with Crippen LogP contribution in [0.1, 0.15) is 59.8 Å². The van der Waals surface area contributed by atoms with Crippen molar-refractivity contribution in [2.75, 3.05) is 13.2 Å². The molecule has 3 heteroatoms. The number of carbonyl (C=O) groups is 1. The van der Waals surface area contributed by atoms with Gasteiger partial charge >= 0.3 is 0 Å². The van der Waals surface area contributed by atoms with Crippen molar-refractivity contribution in [3.05, 3.63) is 0 Å². The van der Waals surface area contributed by atoms with Gasteiger partial charge in [-0.2, -0.15) is 0 Å². The Labute approximate surface area is 99.9 Å². The lowest BCUT2D eigenvalue weighted by molar-refractivity contribution is -0.122. The molecule has 0 aliphatic heterocycles. The van der Waals surface area contributed by atoms with E-state index >= 15 is 0 Å². The number of nitrogens with one attached hydrogen (secondary N) is 1. The summed E-state index contributed by atoms with van der Waals surface area (Å²) in [7, 11) is 0. The minimum absolute atomic E-state index is 0.133. The van der Waals surface area contributed by atoms with E-state index in [0.717, 1.165) is 38.8 Å². The fraction of sp³-hybridized carbons (Fsp3) is 0.923. The number of rotatable bonds is 9. The second kappa shape index (κ2) is 8.57. The van der Waals surface area contributed by atoms with E-state index in [0.29, 0.717) is 6.42 Å². The highest BCUT2D eigenvalue weighted by Gasteiger charge is 2.19. The van der Waals surface area contributed by atoms with Crippen LogP contribution in [0.4, 0.5) is 0 Å². The van der Waals surface area contributed by atoms with Crippen molar-refractivity contribution in [2.24, 2.45) is 0 Å². The van der Waals surface area contributed by atoms with E-state index in [9.17, 15) is 4.79 Å². The fourth-order valence-corrected chi connectivity index (χ4v) is 1.33. The molecule has 0 rings (SSSR count). The normalized spacial score (nSPS) is 11.5. The quantitative estimate of drug-likeness (QED) is 0.617. The molecule has 0 aromatic heterocycles. The third kappa shape index (κ3) is 8.72. The van der Waals surface area contributed by atoms with E-state index in [1.54, 1.807) is 0 Å². The zero-order chi connectivity index (χ0) is 12.4. The monoisotopic (exact) mass is 229 g/mol. The van der Waals surface area contributed by atoms with Crippen molar-refractivity contribution in [2.45, 2.75) is 65.4 Å².